The number of nitrogens with zero attached hydrogens (tertiary/aromatic N) is 4. The first-order valence-corrected chi connectivity index (χ1v) is 7.52. The first-order valence-electron chi connectivity index (χ1n) is 7.52. The van der Waals surface area contributed by atoms with E-state index in [-0.39, 0.29) is 12.1 Å². The van der Waals surface area contributed by atoms with Crippen LogP contribution in [0.3, 0.4) is 0 Å². The number of nitrogens with two attached hydrogens (primary N) is 1. The summed E-state index contributed by atoms with van der Waals surface area (Å²) in [5.74, 6) is 1.24. The van der Waals surface area contributed by atoms with Gasteiger partial charge in [0.25, 0.3) is 0 Å². The minimum atomic E-state index is -0.479. The first kappa shape index (κ1) is 16.3. The van der Waals surface area contributed by atoms with Crippen molar-refractivity contribution < 1.29 is 9.53 Å². The molecule has 2 rings (SSSR count). The summed E-state index contributed by atoms with van der Waals surface area (Å²) in [6.07, 6.45) is -0.265. The predicted octanol–water partition coefficient (Wildman–Crippen LogP) is 1.81. The van der Waals surface area contributed by atoms with Crippen molar-refractivity contribution in [1.82, 2.24) is 15.1 Å². The Balaban J connectivity index is 2.03. The summed E-state index contributed by atoms with van der Waals surface area (Å²) in [5, 5.41) is 8.11. The van der Waals surface area contributed by atoms with Gasteiger partial charge in [-0.15, -0.1) is 10.2 Å². The summed E-state index contributed by atoms with van der Waals surface area (Å²) in [5.41, 5.74) is 6.14. The highest BCUT2D eigenvalue weighted by atomic mass is 16.6. The number of amides is 1. The smallest absolute Gasteiger partial charge is 0.410 e. The van der Waals surface area contributed by atoms with Crippen molar-refractivity contribution in [1.29, 1.82) is 0 Å². The molecule has 7 nitrogen and oxygen atoms in total. The molecule has 2 heterocycles. The van der Waals surface area contributed by atoms with Crippen LogP contribution in [-0.2, 0) is 4.74 Å². The Labute approximate surface area is 131 Å². The molecule has 0 unspecified atom stereocenters. The van der Waals surface area contributed by atoms with Crippen molar-refractivity contribution in [2.75, 3.05) is 30.3 Å². The molecule has 1 fully saturated rings. The van der Waals surface area contributed by atoms with E-state index in [9.17, 15) is 4.79 Å². The highest BCUT2D eigenvalue weighted by molar-refractivity contribution is 5.69. The zero-order valence-corrected chi connectivity index (χ0v) is 14.0. The third-order valence-corrected chi connectivity index (χ3v) is 3.59. The lowest BCUT2D eigenvalue weighted by atomic mass is 10.2. The lowest BCUT2D eigenvalue weighted by Gasteiger charge is -2.40. The van der Waals surface area contributed by atoms with Gasteiger partial charge >= 0.3 is 6.09 Å². The third-order valence-electron chi connectivity index (χ3n) is 3.59. The number of nitrogen functional groups attached to an aromatic ring is 1. The normalized spacial score (nSPS) is 19.2. The van der Waals surface area contributed by atoms with Crippen LogP contribution in [0.2, 0.25) is 0 Å². The van der Waals surface area contributed by atoms with E-state index in [4.69, 9.17) is 10.5 Å². The molecule has 1 aromatic heterocycles. The van der Waals surface area contributed by atoms with E-state index in [2.05, 4.69) is 15.1 Å². The largest absolute Gasteiger partial charge is 0.444 e. The summed E-state index contributed by atoms with van der Waals surface area (Å²) >= 11 is 0. The van der Waals surface area contributed by atoms with Gasteiger partial charge in [-0.3, -0.25) is 0 Å². The molecule has 1 aliphatic heterocycles. The van der Waals surface area contributed by atoms with Gasteiger partial charge in [0.05, 0.1) is 0 Å². The number of carbonyl (C=O) groups is 1. The summed E-state index contributed by atoms with van der Waals surface area (Å²) < 4.78 is 5.45. The van der Waals surface area contributed by atoms with Crippen LogP contribution in [0.25, 0.3) is 0 Å². The molecule has 0 radical (unpaired) electrons. The molecule has 7 heteroatoms. The first-order chi connectivity index (χ1) is 10.2. The van der Waals surface area contributed by atoms with E-state index in [1.165, 1.54) is 0 Å². The molecular formula is C15H25N5O2. The minimum Gasteiger partial charge on any atom is -0.444 e. The molecule has 122 valence electrons. The highest BCUT2D eigenvalue weighted by Gasteiger charge is 2.31. The molecule has 1 saturated heterocycles. The number of hydrogen-bond acceptors (Lipinski definition) is 6. The monoisotopic (exact) mass is 307 g/mol. The Bertz CT molecular complexity index is 555. The Morgan fingerprint density at radius 1 is 1.36 bits per heavy atom. The van der Waals surface area contributed by atoms with E-state index in [1.807, 2.05) is 40.7 Å². The zero-order chi connectivity index (χ0) is 16.5. The van der Waals surface area contributed by atoms with Gasteiger partial charge in [0.2, 0.25) is 0 Å². The molecular weight excluding hydrogens is 282 g/mol. The van der Waals surface area contributed by atoms with Crippen molar-refractivity contribution in [3.05, 3.63) is 11.6 Å². The molecule has 0 spiro atoms. The molecule has 1 aromatic rings. The Morgan fingerprint density at radius 3 is 2.59 bits per heavy atom. The Morgan fingerprint density at radius 2 is 2.05 bits per heavy atom. The SMILES string of the molecule is Cc1cc(N2CCN(C(=O)OC(C)(C)C)[C@@H](C)C2)nnc1N. The minimum absolute atomic E-state index is 0.0447. The maximum absolute atomic E-state index is 12.2. The van der Waals surface area contributed by atoms with Gasteiger partial charge in [-0.05, 0) is 46.2 Å². The molecule has 0 bridgehead atoms. The second-order valence-corrected chi connectivity index (χ2v) is 6.74. The highest BCUT2D eigenvalue weighted by Crippen LogP contribution is 2.20. The summed E-state index contributed by atoms with van der Waals surface area (Å²) in [7, 11) is 0. The number of ether oxygens (including phenoxy) is 1. The topological polar surface area (TPSA) is 84.6 Å². The fourth-order valence-corrected chi connectivity index (χ4v) is 2.39. The van der Waals surface area contributed by atoms with Gasteiger partial charge in [-0.1, -0.05) is 0 Å². The van der Waals surface area contributed by atoms with Crippen LogP contribution in [0.1, 0.15) is 33.3 Å². The van der Waals surface area contributed by atoms with Crippen LogP contribution in [0.5, 0.6) is 0 Å². The number of piperazine rings is 1. The van der Waals surface area contributed by atoms with Crippen molar-refractivity contribution in [2.45, 2.75) is 46.3 Å². The summed E-state index contributed by atoms with van der Waals surface area (Å²) in [6.45, 7) is 11.5. The molecule has 2 N–H and O–H groups in total. The second kappa shape index (κ2) is 5.98. The average Bonchev–Trinajstić information content (AvgIpc) is 2.39. The number of hydrogen-bond donors (Lipinski definition) is 1. The van der Waals surface area contributed by atoms with Crippen LogP contribution in [0, 0.1) is 6.92 Å². The fraction of sp³-hybridized carbons (Fsp3) is 0.667. The van der Waals surface area contributed by atoms with Crippen molar-refractivity contribution >= 4 is 17.7 Å². The van der Waals surface area contributed by atoms with E-state index in [1.54, 1.807) is 4.90 Å². The summed E-state index contributed by atoms with van der Waals surface area (Å²) in [4.78, 5) is 16.1. The van der Waals surface area contributed by atoms with Crippen LogP contribution in [0.4, 0.5) is 16.4 Å². The standard InChI is InChI=1S/C15H25N5O2/c1-10-8-12(17-18-13(10)16)19-6-7-20(11(2)9-19)14(21)22-15(3,4)5/h8,11H,6-7,9H2,1-5H3,(H2,16,18)/t11-/m0/s1. The zero-order valence-electron chi connectivity index (χ0n) is 14.0. The molecule has 0 saturated carbocycles. The van der Waals surface area contributed by atoms with Crippen molar-refractivity contribution in [2.24, 2.45) is 0 Å². The van der Waals surface area contributed by atoms with Crippen molar-refractivity contribution in [3.8, 4) is 0 Å². The van der Waals surface area contributed by atoms with Crippen LogP contribution in [-0.4, -0.2) is 52.5 Å². The molecule has 1 atom stereocenters. The van der Waals surface area contributed by atoms with Gasteiger partial charge in [0.1, 0.15) is 11.4 Å². The van der Waals surface area contributed by atoms with E-state index in [0.29, 0.717) is 25.5 Å². The number of carbonyl (C=O) groups excluding carboxylic acids is 1. The van der Waals surface area contributed by atoms with Gasteiger partial charge in [0, 0.05) is 25.7 Å². The predicted molar refractivity (Wildman–Crippen MR) is 85.8 cm³/mol. The van der Waals surface area contributed by atoms with Crippen LogP contribution >= 0.6 is 0 Å². The van der Waals surface area contributed by atoms with Crippen molar-refractivity contribution in [3.63, 3.8) is 0 Å². The number of aryl methyl sites for hydroxylation is 1. The second-order valence-electron chi connectivity index (χ2n) is 6.74. The van der Waals surface area contributed by atoms with E-state index in [0.717, 1.165) is 11.4 Å². The maximum Gasteiger partial charge on any atom is 0.410 e. The molecule has 1 aliphatic rings. The maximum atomic E-state index is 12.2. The third kappa shape index (κ3) is 3.78. The van der Waals surface area contributed by atoms with Gasteiger partial charge in [-0.25, -0.2) is 4.79 Å². The molecule has 1 amide bonds. The molecule has 22 heavy (non-hydrogen) atoms. The van der Waals surface area contributed by atoms with E-state index >= 15 is 0 Å². The fourth-order valence-electron chi connectivity index (χ4n) is 2.39. The average molecular weight is 307 g/mol. The van der Waals surface area contributed by atoms with Crippen LogP contribution < -0.4 is 10.6 Å². The number of aromatic nitrogens is 2. The van der Waals surface area contributed by atoms with Gasteiger partial charge in [0.15, 0.2) is 5.82 Å². The Kier molecular flexibility index (Phi) is 4.44. The van der Waals surface area contributed by atoms with E-state index < -0.39 is 5.60 Å². The number of rotatable bonds is 1. The lowest BCUT2D eigenvalue weighted by molar-refractivity contribution is 0.0158. The quantitative estimate of drug-likeness (QED) is 0.852. The Hall–Kier alpha value is -2.05. The molecule has 0 aromatic carbocycles. The van der Waals surface area contributed by atoms with Crippen LogP contribution in [0.15, 0.2) is 6.07 Å². The summed E-state index contributed by atoms with van der Waals surface area (Å²) in [6, 6.07) is 1.97. The van der Waals surface area contributed by atoms with Gasteiger partial charge < -0.3 is 20.3 Å². The molecule has 0 aliphatic carbocycles. The van der Waals surface area contributed by atoms with Gasteiger partial charge in [-0.2, -0.15) is 0 Å². The number of anilines is 2. The lowest BCUT2D eigenvalue weighted by Crippen LogP contribution is -2.55.